The van der Waals surface area contributed by atoms with Gasteiger partial charge in [-0.15, -0.1) is 5.92 Å². The fourth-order valence-corrected chi connectivity index (χ4v) is 2.43. The van der Waals surface area contributed by atoms with Gasteiger partial charge in [-0.05, 0) is 32.1 Å². The Bertz CT molecular complexity index is 269. The summed E-state index contributed by atoms with van der Waals surface area (Å²) in [7, 11) is 0. The summed E-state index contributed by atoms with van der Waals surface area (Å²) in [6, 6.07) is 0. The van der Waals surface area contributed by atoms with E-state index >= 15 is 0 Å². The minimum Gasteiger partial charge on any atom is -0.384 e. The topological polar surface area (TPSA) is 20.2 Å². The van der Waals surface area contributed by atoms with E-state index in [0.29, 0.717) is 0 Å². The molecular formula is C20H36O. The van der Waals surface area contributed by atoms with Gasteiger partial charge in [0.25, 0.3) is 0 Å². The zero-order valence-corrected chi connectivity index (χ0v) is 14.2. The second-order valence-electron chi connectivity index (χ2n) is 5.85. The van der Waals surface area contributed by atoms with Crippen LogP contribution in [0.25, 0.3) is 0 Å². The molecule has 0 unspecified atom stereocenters. The first-order valence-corrected chi connectivity index (χ1v) is 9.13. The molecule has 0 heterocycles. The summed E-state index contributed by atoms with van der Waals surface area (Å²) in [5.74, 6) is 5.67. The van der Waals surface area contributed by atoms with E-state index in [1.165, 1.54) is 83.5 Å². The zero-order valence-electron chi connectivity index (χ0n) is 14.2. The van der Waals surface area contributed by atoms with Crippen LogP contribution in [0.4, 0.5) is 0 Å². The van der Waals surface area contributed by atoms with Crippen LogP contribution >= 0.6 is 0 Å². The molecule has 0 bridgehead atoms. The van der Waals surface area contributed by atoms with Gasteiger partial charge in [0.2, 0.25) is 0 Å². The van der Waals surface area contributed by atoms with Crippen LogP contribution in [0.5, 0.6) is 0 Å². The Kier molecular flexibility index (Phi) is 18.6. The fourth-order valence-electron chi connectivity index (χ4n) is 2.43. The number of rotatable bonds is 14. The summed E-state index contributed by atoms with van der Waals surface area (Å²) >= 11 is 0. The Labute approximate surface area is 133 Å². The Morgan fingerprint density at radius 3 is 1.76 bits per heavy atom. The third-order valence-corrected chi connectivity index (χ3v) is 3.77. The highest BCUT2D eigenvalue weighted by Crippen LogP contribution is 2.10. The molecule has 21 heavy (non-hydrogen) atoms. The van der Waals surface area contributed by atoms with Gasteiger partial charge in [-0.25, -0.2) is 0 Å². The first kappa shape index (κ1) is 20.3. The van der Waals surface area contributed by atoms with E-state index in [-0.39, 0.29) is 6.61 Å². The maximum Gasteiger partial charge on any atom is 0.104 e. The van der Waals surface area contributed by atoms with Crippen LogP contribution in [0.1, 0.15) is 96.8 Å². The van der Waals surface area contributed by atoms with E-state index in [0.717, 1.165) is 6.42 Å². The first-order chi connectivity index (χ1) is 10.4. The number of aliphatic hydroxyl groups excluding tert-OH is 1. The van der Waals surface area contributed by atoms with Gasteiger partial charge in [0.05, 0.1) is 0 Å². The Hall–Kier alpha value is -0.740. The number of hydrogen-bond donors (Lipinski definition) is 1. The lowest BCUT2D eigenvalue weighted by atomic mass is 10.1. The first-order valence-electron chi connectivity index (χ1n) is 9.13. The number of unbranched alkanes of at least 4 members (excludes halogenated alkanes) is 12. The smallest absolute Gasteiger partial charge is 0.104 e. The Balaban J connectivity index is 3.06. The summed E-state index contributed by atoms with van der Waals surface area (Å²) in [5, 5.41) is 8.51. The summed E-state index contributed by atoms with van der Waals surface area (Å²) in [4.78, 5) is 0. The molecule has 0 fully saturated rings. The highest BCUT2D eigenvalue weighted by atomic mass is 16.2. The Morgan fingerprint density at radius 2 is 1.19 bits per heavy atom. The van der Waals surface area contributed by atoms with Gasteiger partial charge in [-0.3, -0.25) is 0 Å². The molecule has 0 atom stereocenters. The van der Waals surface area contributed by atoms with E-state index in [9.17, 15) is 0 Å². The molecule has 0 aromatic carbocycles. The largest absolute Gasteiger partial charge is 0.384 e. The summed E-state index contributed by atoms with van der Waals surface area (Å²) in [6.45, 7) is 2.27. The lowest BCUT2D eigenvalue weighted by Gasteiger charge is -2.00. The van der Waals surface area contributed by atoms with Gasteiger partial charge in [0, 0.05) is 6.42 Å². The summed E-state index contributed by atoms with van der Waals surface area (Å²) in [6.07, 6.45) is 23.0. The maximum absolute atomic E-state index is 8.51. The predicted molar refractivity (Wildman–Crippen MR) is 94.3 cm³/mol. The maximum atomic E-state index is 8.51. The van der Waals surface area contributed by atoms with Gasteiger partial charge in [0.1, 0.15) is 6.61 Å². The van der Waals surface area contributed by atoms with Crippen LogP contribution in [-0.2, 0) is 0 Å². The van der Waals surface area contributed by atoms with Crippen molar-refractivity contribution in [3.8, 4) is 11.8 Å². The minimum atomic E-state index is 0.00713. The standard InChI is InChI=1S/C20H36O/c1-2-3-4-5-6-7-8-9-10-11-12-13-14-15-16-17-18-19-20-21/h7-8,21H,2-6,9-17,20H2,1H3/b8-7-. The van der Waals surface area contributed by atoms with E-state index in [1.54, 1.807) is 0 Å². The number of hydrogen-bond acceptors (Lipinski definition) is 1. The van der Waals surface area contributed by atoms with Crippen molar-refractivity contribution in [2.45, 2.75) is 96.8 Å². The zero-order chi connectivity index (χ0) is 15.4. The molecule has 0 aromatic rings. The van der Waals surface area contributed by atoms with E-state index in [2.05, 4.69) is 30.9 Å². The molecule has 0 saturated heterocycles. The third kappa shape index (κ3) is 19.3. The van der Waals surface area contributed by atoms with Crippen LogP contribution in [0.3, 0.4) is 0 Å². The van der Waals surface area contributed by atoms with E-state index < -0.39 is 0 Å². The third-order valence-electron chi connectivity index (χ3n) is 3.77. The second-order valence-corrected chi connectivity index (χ2v) is 5.85. The highest BCUT2D eigenvalue weighted by Gasteiger charge is 1.91. The molecule has 0 rings (SSSR count). The van der Waals surface area contributed by atoms with Crippen molar-refractivity contribution in [2.75, 3.05) is 6.61 Å². The molecule has 0 radical (unpaired) electrons. The van der Waals surface area contributed by atoms with E-state index in [4.69, 9.17) is 5.11 Å². The minimum absolute atomic E-state index is 0.00713. The number of allylic oxidation sites excluding steroid dienone is 2. The summed E-state index contributed by atoms with van der Waals surface area (Å²) in [5.41, 5.74) is 0. The molecule has 122 valence electrons. The molecule has 1 N–H and O–H groups in total. The fraction of sp³-hybridized carbons (Fsp3) is 0.800. The van der Waals surface area contributed by atoms with Crippen LogP contribution in [0, 0.1) is 11.8 Å². The molecule has 0 aliphatic heterocycles. The van der Waals surface area contributed by atoms with Crippen LogP contribution in [-0.4, -0.2) is 11.7 Å². The van der Waals surface area contributed by atoms with Crippen molar-refractivity contribution < 1.29 is 5.11 Å². The Morgan fingerprint density at radius 1 is 0.667 bits per heavy atom. The van der Waals surface area contributed by atoms with Crippen molar-refractivity contribution >= 4 is 0 Å². The average Bonchev–Trinajstić information content (AvgIpc) is 2.50. The quantitative estimate of drug-likeness (QED) is 0.236. The van der Waals surface area contributed by atoms with Gasteiger partial charge < -0.3 is 5.11 Å². The predicted octanol–water partition coefficient (Wildman–Crippen LogP) is 6.02. The van der Waals surface area contributed by atoms with Crippen LogP contribution in [0.2, 0.25) is 0 Å². The highest BCUT2D eigenvalue weighted by molar-refractivity contribution is 4.98. The van der Waals surface area contributed by atoms with Gasteiger partial charge in [-0.1, -0.05) is 76.4 Å². The SMILES string of the molecule is CCCCCC/C=C\CCCCCCCCCC#CCO. The second kappa shape index (κ2) is 19.3. The monoisotopic (exact) mass is 292 g/mol. The summed E-state index contributed by atoms with van der Waals surface area (Å²) < 4.78 is 0. The molecule has 0 saturated carbocycles. The normalized spacial score (nSPS) is 10.8. The van der Waals surface area contributed by atoms with Gasteiger partial charge in [0.15, 0.2) is 0 Å². The van der Waals surface area contributed by atoms with Crippen molar-refractivity contribution in [3.05, 3.63) is 12.2 Å². The van der Waals surface area contributed by atoms with Crippen molar-refractivity contribution in [2.24, 2.45) is 0 Å². The van der Waals surface area contributed by atoms with E-state index in [1.807, 2.05) is 0 Å². The molecule has 0 aromatic heterocycles. The lowest BCUT2D eigenvalue weighted by Crippen LogP contribution is -1.81. The molecular weight excluding hydrogens is 256 g/mol. The van der Waals surface area contributed by atoms with Gasteiger partial charge in [-0.2, -0.15) is 0 Å². The van der Waals surface area contributed by atoms with Crippen LogP contribution in [0.15, 0.2) is 12.2 Å². The van der Waals surface area contributed by atoms with Crippen LogP contribution < -0.4 is 0 Å². The molecule has 1 nitrogen and oxygen atoms in total. The van der Waals surface area contributed by atoms with Crippen molar-refractivity contribution in [3.63, 3.8) is 0 Å². The molecule has 0 spiro atoms. The lowest BCUT2D eigenvalue weighted by molar-refractivity contribution is 0.350. The average molecular weight is 293 g/mol. The molecule has 0 amide bonds. The molecule has 1 heteroatoms. The van der Waals surface area contributed by atoms with Gasteiger partial charge >= 0.3 is 0 Å². The molecule has 0 aliphatic rings. The van der Waals surface area contributed by atoms with Crippen molar-refractivity contribution in [1.82, 2.24) is 0 Å². The molecule has 0 aliphatic carbocycles. The number of aliphatic hydroxyl groups is 1. The van der Waals surface area contributed by atoms with Crippen molar-refractivity contribution in [1.29, 1.82) is 0 Å².